The van der Waals surface area contributed by atoms with E-state index in [1.54, 1.807) is 0 Å². The number of aryl methyl sites for hydroxylation is 1. The van der Waals surface area contributed by atoms with Gasteiger partial charge in [-0.05, 0) is 0 Å². The van der Waals surface area contributed by atoms with Crippen molar-refractivity contribution in [3.05, 3.63) is 52.8 Å². The van der Waals surface area contributed by atoms with E-state index in [2.05, 4.69) is 52.1 Å². The molecule has 0 amide bonds. The number of benzene rings is 1. The third kappa shape index (κ3) is 2.91. The predicted molar refractivity (Wildman–Crippen MR) is 68.1 cm³/mol. The van der Waals surface area contributed by atoms with E-state index in [1.807, 2.05) is 18.5 Å². The van der Waals surface area contributed by atoms with Crippen LogP contribution in [-0.4, -0.2) is 19.9 Å². The summed E-state index contributed by atoms with van der Waals surface area (Å²) in [5.74, 6) is 0. The van der Waals surface area contributed by atoms with E-state index in [1.165, 1.54) is 14.5 Å². The SMILES string of the molecule is Cc1cc(Br)ccc1[Se]c1cccnc1. The fourth-order valence-corrected chi connectivity index (χ4v) is 3.56. The van der Waals surface area contributed by atoms with Crippen LogP contribution < -0.4 is 8.92 Å². The number of hydrogen-bond acceptors (Lipinski definition) is 1. The van der Waals surface area contributed by atoms with Crippen LogP contribution in [0.5, 0.6) is 0 Å². The van der Waals surface area contributed by atoms with Crippen molar-refractivity contribution in [2.45, 2.75) is 6.92 Å². The summed E-state index contributed by atoms with van der Waals surface area (Å²) in [6.45, 7) is 2.15. The van der Waals surface area contributed by atoms with Gasteiger partial charge in [-0.2, -0.15) is 0 Å². The van der Waals surface area contributed by atoms with Gasteiger partial charge in [0.25, 0.3) is 0 Å². The zero-order chi connectivity index (χ0) is 10.7. The summed E-state index contributed by atoms with van der Waals surface area (Å²) in [6, 6.07) is 10.6. The van der Waals surface area contributed by atoms with Gasteiger partial charge < -0.3 is 0 Å². The molecular formula is C12H10BrNSe. The van der Waals surface area contributed by atoms with Gasteiger partial charge >= 0.3 is 104 Å². The first-order valence-electron chi connectivity index (χ1n) is 4.60. The first-order valence-corrected chi connectivity index (χ1v) is 7.10. The fourth-order valence-electron chi connectivity index (χ4n) is 1.26. The molecule has 0 aliphatic carbocycles. The number of aromatic nitrogens is 1. The van der Waals surface area contributed by atoms with Gasteiger partial charge in [-0.1, -0.05) is 0 Å². The van der Waals surface area contributed by atoms with Gasteiger partial charge in [0, 0.05) is 0 Å². The molecular weight excluding hydrogens is 317 g/mol. The zero-order valence-electron chi connectivity index (χ0n) is 8.27. The first-order chi connectivity index (χ1) is 7.25. The van der Waals surface area contributed by atoms with Crippen molar-refractivity contribution in [3.63, 3.8) is 0 Å². The molecule has 0 saturated carbocycles. The third-order valence-electron chi connectivity index (χ3n) is 2.00. The first kappa shape index (κ1) is 10.9. The van der Waals surface area contributed by atoms with Gasteiger partial charge in [-0.25, -0.2) is 0 Å². The second-order valence-corrected chi connectivity index (χ2v) is 6.46. The van der Waals surface area contributed by atoms with Crippen molar-refractivity contribution in [1.82, 2.24) is 4.98 Å². The summed E-state index contributed by atoms with van der Waals surface area (Å²) in [5.41, 5.74) is 1.34. The Morgan fingerprint density at radius 1 is 1.27 bits per heavy atom. The molecule has 1 aromatic carbocycles. The molecule has 0 unspecified atom stereocenters. The van der Waals surface area contributed by atoms with Crippen LogP contribution in [0.4, 0.5) is 0 Å². The van der Waals surface area contributed by atoms with E-state index >= 15 is 0 Å². The van der Waals surface area contributed by atoms with Gasteiger partial charge in [0.05, 0.1) is 0 Å². The van der Waals surface area contributed by atoms with Crippen molar-refractivity contribution < 1.29 is 0 Å². The molecule has 1 aromatic heterocycles. The Balaban J connectivity index is 2.25. The molecule has 0 aliphatic heterocycles. The molecule has 0 aliphatic rings. The Morgan fingerprint density at radius 2 is 2.13 bits per heavy atom. The maximum atomic E-state index is 4.13. The van der Waals surface area contributed by atoms with Gasteiger partial charge in [0.2, 0.25) is 0 Å². The monoisotopic (exact) mass is 327 g/mol. The molecule has 0 radical (unpaired) electrons. The summed E-state index contributed by atoms with van der Waals surface area (Å²) in [5, 5.41) is 0. The standard InChI is InChI=1S/C12H10BrNSe/c1-9-7-10(13)4-5-12(9)15-11-3-2-6-14-8-11/h2-8H,1H3. The Bertz CT molecular complexity index is 456. The van der Waals surface area contributed by atoms with Crippen molar-refractivity contribution in [2.24, 2.45) is 0 Å². The van der Waals surface area contributed by atoms with Crippen LogP contribution in [0.2, 0.25) is 0 Å². The predicted octanol–water partition coefficient (Wildman–Crippen LogP) is 1.81. The quantitative estimate of drug-likeness (QED) is 0.767. The molecule has 0 fully saturated rings. The Kier molecular flexibility index (Phi) is 3.57. The molecule has 3 heteroatoms. The molecule has 2 aromatic rings. The number of halogens is 1. The number of hydrogen-bond donors (Lipinski definition) is 0. The Morgan fingerprint density at radius 3 is 2.80 bits per heavy atom. The summed E-state index contributed by atoms with van der Waals surface area (Å²) in [4.78, 5) is 4.13. The van der Waals surface area contributed by atoms with Crippen LogP contribution in [0.3, 0.4) is 0 Å². The van der Waals surface area contributed by atoms with E-state index in [9.17, 15) is 0 Å². The van der Waals surface area contributed by atoms with Crippen LogP contribution in [0, 0.1) is 6.92 Å². The maximum absolute atomic E-state index is 4.13. The second-order valence-electron chi connectivity index (χ2n) is 3.20. The van der Waals surface area contributed by atoms with Gasteiger partial charge in [0.1, 0.15) is 0 Å². The van der Waals surface area contributed by atoms with E-state index in [0.29, 0.717) is 15.0 Å². The van der Waals surface area contributed by atoms with Gasteiger partial charge in [-0.15, -0.1) is 0 Å². The van der Waals surface area contributed by atoms with Crippen molar-refractivity contribution in [2.75, 3.05) is 0 Å². The minimum absolute atomic E-state index is 0.360. The van der Waals surface area contributed by atoms with Crippen LogP contribution in [-0.2, 0) is 0 Å². The minimum atomic E-state index is 0.360. The van der Waals surface area contributed by atoms with E-state index < -0.39 is 0 Å². The van der Waals surface area contributed by atoms with Gasteiger partial charge in [0.15, 0.2) is 0 Å². The topological polar surface area (TPSA) is 12.9 Å². The van der Waals surface area contributed by atoms with Crippen molar-refractivity contribution >= 4 is 39.8 Å². The molecule has 0 saturated heterocycles. The van der Waals surface area contributed by atoms with Crippen LogP contribution in [0.15, 0.2) is 47.2 Å². The van der Waals surface area contributed by atoms with Crippen LogP contribution in [0.1, 0.15) is 5.56 Å². The fraction of sp³-hybridized carbons (Fsp3) is 0.0833. The average molecular weight is 327 g/mol. The summed E-state index contributed by atoms with van der Waals surface area (Å²) in [6.07, 6.45) is 3.76. The molecule has 1 nitrogen and oxygen atoms in total. The molecule has 0 N–H and O–H groups in total. The normalized spacial score (nSPS) is 10.3. The number of rotatable bonds is 2. The molecule has 76 valence electrons. The molecule has 15 heavy (non-hydrogen) atoms. The Hall–Kier alpha value is -0.631. The summed E-state index contributed by atoms with van der Waals surface area (Å²) >= 11 is 3.84. The third-order valence-corrected chi connectivity index (χ3v) is 4.92. The van der Waals surface area contributed by atoms with Crippen molar-refractivity contribution in [3.8, 4) is 0 Å². The number of pyridine rings is 1. The average Bonchev–Trinajstić information content (AvgIpc) is 2.24. The van der Waals surface area contributed by atoms with Crippen LogP contribution in [0.25, 0.3) is 0 Å². The second kappa shape index (κ2) is 4.93. The molecule has 0 bridgehead atoms. The van der Waals surface area contributed by atoms with E-state index in [0.717, 1.165) is 4.47 Å². The summed E-state index contributed by atoms with van der Waals surface area (Å²) < 4.78 is 3.87. The van der Waals surface area contributed by atoms with Crippen molar-refractivity contribution in [1.29, 1.82) is 0 Å². The molecule has 2 rings (SSSR count). The Labute approximate surface area is 104 Å². The van der Waals surface area contributed by atoms with E-state index in [4.69, 9.17) is 0 Å². The molecule has 1 heterocycles. The number of nitrogens with zero attached hydrogens (tertiary/aromatic N) is 1. The molecule has 0 spiro atoms. The van der Waals surface area contributed by atoms with Crippen LogP contribution >= 0.6 is 15.9 Å². The van der Waals surface area contributed by atoms with Gasteiger partial charge in [-0.3, -0.25) is 0 Å². The summed E-state index contributed by atoms with van der Waals surface area (Å²) in [7, 11) is 0. The zero-order valence-corrected chi connectivity index (χ0v) is 11.6. The van der Waals surface area contributed by atoms with E-state index in [-0.39, 0.29) is 0 Å². The molecule has 0 atom stereocenters.